The molecule has 0 aliphatic heterocycles. The van der Waals surface area contributed by atoms with Crippen molar-refractivity contribution in [3.05, 3.63) is 54.0 Å². The van der Waals surface area contributed by atoms with Gasteiger partial charge in [-0.3, -0.25) is 4.79 Å². The first kappa shape index (κ1) is 16.6. The van der Waals surface area contributed by atoms with Crippen LogP contribution in [0.15, 0.2) is 47.1 Å². The third-order valence-corrected chi connectivity index (χ3v) is 4.30. The topological polar surface area (TPSA) is 71.7 Å². The van der Waals surface area contributed by atoms with Gasteiger partial charge in [-0.15, -0.1) is 0 Å². The predicted molar refractivity (Wildman–Crippen MR) is 89.9 cm³/mol. The molecule has 0 spiro atoms. The first-order valence-corrected chi connectivity index (χ1v) is 8.49. The molecule has 3 rings (SSSR count). The molecule has 1 atom stereocenters. The van der Waals surface area contributed by atoms with Crippen LogP contribution in [0.5, 0.6) is 5.75 Å². The van der Waals surface area contributed by atoms with Gasteiger partial charge in [0.05, 0.1) is 18.9 Å². The van der Waals surface area contributed by atoms with E-state index >= 15 is 0 Å². The first-order chi connectivity index (χ1) is 11.7. The van der Waals surface area contributed by atoms with Crippen molar-refractivity contribution >= 4 is 5.91 Å². The second-order valence-electron chi connectivity index (χ2n) is 6.14. The average Bonchev–Trinajstić information content (AvgIpc) is 3.16. The van der Waals surface area contributed by atoms with Crippen LogP contribution < -0.4 is 10.1 Å². The largest absolute Gasteiger partial charge is 0.490 e. The zero-order valence-electron chi connectivity index (χ0n) is 13.6. The van der Waals surface area contributed by atoms with Gasteiger partial charge in [-0.25, -0.2) is 0 Å². The van der Waals surface area contributed by atoms with Gasteiger partial charge in [-0.2, -0.15) is 0 Å². The summed E-state index contributed by atoms with van der Waals surface area (Å²) in [6.07, 6.45) is 6.89. The molecule has 2 N–H and O–H groups in total. The maximum Gasteiger partial charge on any atom is 0.251 e. The highest BCUT2D eigenvalue weighted by Crippen LogP contribution is 2.23. The lowest BCUT2D eigenvalue weighted by molar-refractivity contribution is 0.0901. The van der Waals surface area contributed by atoms with Crippen LogP contribution in [-0.4, -0.2) is 23.7 Å². The molecule has 24 heavy (non-hydrogen) atoms. The van der Waals surface area contributed by atoms with Crippen LogP contribution >= 0.6 is 0 Å². The van der Waals surface area contributed by atoms with Crippen molar-refractivity contribution in [2.45, 2.75) is 44.3 Å². The summed E-state index contributed by atoms with van der Waals surface area (Å²) in [6.45, 7) is 0.104. The van der Waals surface area contributed by atoms with Crippen molar-refractivity contribution in [2.24, 2.45) is 0 Å². The Labute approximate surface area is 141 Å². The van der Waals surface area contributed by atoms with Crippen molar-refractivity contribution in [2.75, 3.05) is 6.54 Å². The molecule has 0 bridgehead atoms. The number of hydrogen-bond donors (Lipinski definition) is 2. The number of aliphatic hydroxyl groups is 1. The van der Waals surface area contributed by atoms with E-state index in [4.69, 9.17) is 9.15 Å². The second kappa shape index (κ2) is 8.02. The van der Waals surface area contributed by atoms with Crippen molar-refractivity contribution in [3.8, 4) is 5.75 Å². The summed E-state index contributed by atoms with van der Waals surface area (Å²) in [5.41, 5.74) is 0.539. The number of rotatable bonds is 6. The number of carbonyl (C=O) groups is 1. The Morgan fingerprint density at radius 3 is 2.62 bits per heavy atom. The van der Waals surface area contributed by atoms with E-state index in [0.29, 0.717) is 17.4 Å². The van der Waals surface area contributed by atoms with Crippen molar-refractivity contribution in [3.63, 3.8) is 0 Å². The van der Waals surface area contributed by atoms with Crippen molar-refractivity contribution in [1.82, 2.24) is 5.32 Å². The van der Waals surface area contributed by atoms with Gasteiger partial charge in [-0.1, -0.05) is 6.42 Å². The monoisotopic (exact) mass is 329 g/mol. The average molecular weight is 329 g/mol. The number of furan rings is 1. The van der Waals surface area contributed by atoms with Crippen LogP contribution in [0.25, 0.3) is 0 Å². The molecular weight excluding hydrogens is 306 g/mol. The van der Waals surface area contributed by atoms with Gasteiger partial charge in [-0.05, 0) is 62.1 Å². The predicted octanol–water partition coefficient (Wildman–Crippen LogP) is 3.45. The van der Waals surface area contributed by atoms with Gasteiger partial charge in [0, 0.05) is 5.56 Å². The minimum Gasteiger partial charge on any atom is -0.490 e. The van der Waals surface area contributed by atoms with Gasteiger partial charge in [0.15, 0.2) is 0 Å². The van der Waals surface area contributed by atoms with Gasteiger partial charge >= 0.3 is 0 Å². The fraction of sp³-hybridized carbons (Fsp3) is 0.421. The Morgan fingerprint density at radius 1 is 1.21 bits per heavy atom. The van der Waals surface area contributed by atoms with Crippen LogP contribution in [0.2, 0.25) is 0 Å². The van der Waals surface area contributed by atoms with Crippen molar-refractivity contribution < 1.29 is 19.1 Å². The quantitative estimate of drug-likeness (QED) is 0.851. The first-order valence-electron chi connectivity index (χ1n) is 8.49. The molecule has 0 radical (unpaired) electrons. The van der Waals surface area contributed by atoms with Crippen LogP contribution in [0, 0.1) is 0 Å². The van der Waals surface area contributed by atoms with Crippen molar-refractivity contribution in [1.29, 1.82) is 0 Å². The maximum atomic E-state index is 12.1. The molecule has 128 valence electrons. The molecule has 2 aromatic rings. The highest BCUT2D eigenvalue weighted by molar-refractivity contribution is 5.94. The number of carbonyl (C=O) groups excluding carboxylic acids is 1. The maximum absolute atomic E-state index is 12.1. The Bertz CT molecular complexity index is 630. The van der Waals surface area contributed by atoms with E-state index in [1.54, 1.807) is 24.3 Å². The Morgan fingerprint density at radius 2 is 1.96 bits per heavy atom. The fourth-order valence-corrected chi connectivity index (χ4v) is 2.93. The molecule has 1 aromatic carbocycles. The molecule has 0 saturated heterocycles. The van der Waals surface area contributed by atoms with E-state index in [9.17, 15) is 9.90 Å². The molecule has 5 nitrogen and oxygen atoms in total. The van der Waals surface area contributed by atoms with E-state index in [-0.39, 0.29) is 12.5 Å². The van der Waals surface area contributed by atoms with E-state index in [1.807, 2.05) is 12.1 Å². The lowest BCUT2D eigenvalue weighted by Gasteiger charge is -2.23. The van der Waals surface area contributed by atoms with Gasteiger partial charge in [0.25, 0.3) is 5.91 Å². The highest BCUT2D eigenvalue weighted by Gasteiger charge is 2.16. The third-order valence-electron chi connectivity index (χ3n) is 4.30. The Balaban J connectivity index is 1.50. The fourth-order valence-electron chi connectivity index (χ4n) is 2.93. The number of hydrogen-bond acceptors (Lipinski definition) is 4. The number of amides is 1. The third kappa shape index (κ3) is 4.38. The lowest BCUT2D eigenvalue weighted by Crippen LogP contribution is -2.28. The number of nitrogens with one attached hydrogen (secondary N) is 1. The molecule has 1 aliphatic carbocycles. The van der Waals surface area contributed by atoms with E-state index in [2.05, 4.69) is 5.32 Å². The molecule has 1 saturated carbocycles. The van der Waals surface area contributed by atoms with Crippen LogP contribution in [0.1, 0.15) is 54.3 Å². The number of aliphatic hydroxyl groups excluding tert-OH is 1. The molecule has 5 heteroatoms. The number of ether oxygens (including phenoxy) is 1. The molecule has 1 aliphatic rings. The molecule has 1 heterocycles. The lowest BCUT2D eigenvalue weighted by atomic mass is 9.98. The minimum absolute atomic E-state index is 0.104. The molecule has 1 aromatic heterocycles. The van der Waals surface area contributed by atoms with Gasteiger partial charge in [0.1, 0.15) is 17.6 Å². The summed E-state index contributed by atoms with van der Waals surface area (Å²) >= 11 is 0. The van der Waals surface area contributed by atoms with E-state index < -0.39 is 6.10 Å². The smallest absolute Gasteiger partial charge is 0.251 e. The second-order valence-corrected chi connectivity index (χ2v) is 6.14. The Kier molecular flexibility index (Phi) is 5.54. The summed E-state index contributed by atoms with van der Waals surface area (Å²) in [5, 5.41) is 12.6. The summed E-state index contributed by atoms with van der Waals surface area (Å²) in [4.78, 5) is 12.1. The van der Waals surface area contributed by atoms with Gasteiger partial charge < -0.3 is 19.6 Å². The zero-order chi connectivity index (χ0) is 16.8. The summed E-state index contributed by atoms with van der Waals surface area (Å²) < 4.78 is 11.1. The molecule has 1 fully saturated rings. The van der Waals surface area contributed by atoms with E-state index in [1.165, 1.54) is 25.5 Å². The summed E-state index contributed by atoms with van der Waals surface area (Å²) in [7, 11) is 0. The minimum atomic E-state index is -0.849. The standard InChI is InChI=1S/C19H23NO4/c21-17(18-7-4-12-23-18)13-20-19(22)14-8-10-16(11-9-14)24-15-5-2-1-3-6-15/h4,7-12,15,17,21H,1-3,5-6,13H2,(H,20,22). The highest BCUT2D eigenvalue weighted by atomic mass is 16.5. The molecule has 1 unspecified atom stereocenters. The Hall–Kier alpha value is -2.27. The van der Waals surface area contributed by atoms with Crippen LogP contribution in [0.4, 0.5) is 0 Å². The molecular formula is C19H23NO4. The zero-order valence-corrected chi connectivity index (χ0v) is 13.6. The van der Waals surface area contributed by atoms with Gasteiger partial charge in [0.2, 0.25) is 0 Å². The molecule has 1 amide bonds. The normalized spacial score (nSPS) is 16.5. The van der Waals surface area contributed by atoms with Crippen LogP contribution in [0.3, 0.4) is 0 Å². The summed E-state index contributed by atoms with van der Waals surface area (Å²) in [5.74, 6) is 1.01. The van der Waals surface area contributed by atoms with Crippen LogP contribution in [-0.2, 0) is 0 Å². The summed E-state index contributed by atoms with van der Waals surface area (Å²) in [6, 6.07) is 10.5. The number of benzene rings is 1. The SMILES string of the molecule is O=C(NCC(O)c1ccco1)c1ccc(OC2CCCCC2)cc1. The van der Waals surface area contributed by atoms with E-state index in [0.717, 1.165) is 18.6 Å².